The second-order valence-electron chi connectivity index (χ2n) is 7.06. The summed E-state index contributed by atoms with van der Waals surface area (Å²) in [6.45, 7) is 2.47. The number of carbonyl (C=O) groups excluding carboxylic acids is 1. The fourth-order valence-electron chi connectivity index (χ4n) is 3.22. The Kier molecular flexibility index (Phi) is 6.17. The third kappa shape index (κ3) is 5.06. The summed E-state index contributed by atoms with van der Waals surface area (Å²) >= 11 is 0. The van der Waals surface area contributed by atoms with Crippen LogP contribution in [0, 0.1) is 0 Å². The van der Waals surface area contributed by atoms with Gasteiger partial charge in [0, 0.05) is 16.8 Å². The van der Waals surface area contributed by atoms with E-state index in [1.54, 1.807) is 30.5 Å². The van der Waals surface area contributed by atoms with Gasteiger partial charge in [-0.2, -0.15) is 13.2 Å². The topological polar surface area (TPSA) is 64.4 Å². The van der Waals surface area contributed by atoms with E-state index in [0.717, 1.165) is 23.4 Å². The zero-order valence-electron chi connectivity index (χ0n) is 17.5. The van der Waals surface area contributed by atoms with Crippen molar-refractivity contribution in [1.29, 1.82) is 0 Å². The maximum Gasteiger partial charge on any atom is 0.416 e. The molecule has 0 aliphatic rings. The monoisotopic (exact) mass is 452 g/mol. The smallest absolute Gasteiger partial charge is 0.416 e. The second kappa shape index (κ2) is 9.20. The Hall–Kier alpha value is -4.07. The van der Waals surface area contributed by atoms with Gasteiger partial charge in [-0.15, -0.1) is 0 Å². The number of amides is 1. The van der Waals surface area contributed by atoms with Crippen LogP contribution in [0.15, 0.2) is 83.4 Å². The molecule has 0 fully saturated rings. The number of alkyl halides is 3. The van der Waals surface area contributed by atoms with Crippen molar-refractivity contribution in [2.45, 2.75) is 13.1 Å². The lowest BCUT2D eigenvalue weighted by Gasteiger charge is -2.10. The van der Waals surface area contributed by atoms with E-state index >= 15 is 0 Å². The minimum atomic E-state index is -4.44. The van der Waals surface area contributed by atoms with Crippen LogP contribution in [-0.4, -0.2) is 17.5 Å². The van der Waals surface area contributed by atoms with Gasteiger partial charge >= 0.3 is 6.18 Å². The number of oxazole rings is 1. The van der Waals surface area contributed by atoms with Crippen molar-refractivity contribution in [2.24, 2.45) is 0 Å². The van der Waals surface area contributed by atoms with Gasteiger partial charge in [-0.25, -0.2) is 4.98 Å². The molecule has 0 saturated carbocycles. The summed E-state index contributed by atoms with van der Waals surface area (Å²) in [6.07, 6.45) is -2.88. The Balaban J connectivity index is 1.56. The Bertz CT molecular complexity index is 1250. The number of nitrogens with one attached hydrogen (secondary N) is 1. The van der Waals surface area contributed by atoms with Crippen molar-refractivity contribution in [3.63, 3.8) is 0 Å². The van der Waals surface area contributed by atoms with Crippen LogP contribution in [0.25, 0.3) is 22.8 Å². The molecule has 0 radical (unpaired) electrons. The molecule has 3 aromatic carbocycles. The van der Waals surface area contributed by atoms with E-state index in [-0.39, 0.29) is 17.1 Å². The van der Waals surface area contributed by atoms with E-state index in [9.17, 15) is 18.0 Å². The summed E-state index contributed by atoms with van der Waals surface area (Å²) < 4.78 is 49.6. The van der Waals surface area contributed by atoms with Crippen LogP contribution in [0.3, 0.4) is 0 Å². The summed E-state index contributed by atoms with van der Waals surface area (Å²) in [7, 11) is 0. The Morgan fingerprint density at radius 3 is 2.36 bits per heavy atom. The molecule has 1 amide bonds. The molecule has 0 bridgehead atoms. The predicted octanol–water partition coefficient (Wildman–Crippen LogP) is 6.68. The average molecular weight is 452 g/mol. The van der Waals surface area contributed by atoms with Crippen molar-refractivity contribution >= 4 is 11.6 Å². The Morgan fingerprint density at radius 1 is 1.00 bits per heavy atom. The van der Waals surface area contributed by atoms with Gasteiger partial charge in [-0.05, 0) is 67.6 Å². The first kappa shape index (κ1) is 22.1. The van der Waals surface area contributed by atoms with E-state index in [1.165, 1.54) is 12.1 Å². The summed E-state index contributed by atoms with van der Waals surface area (Å²) in [4.78, 5) is 17.2. The second-order valence-corrected chi connectivity index (χ2v) is 7.06. The van der Waals surface area contributed by atoms with Crippen LogP contribution in [0.2, 0.25) is 0 Å². The highest BCUT2D eigenvalue weighted by molar-refractivity contribution is 6.08. The fraction of sp³-hybridized carbons (Fsp3) is 0.120. The summed E-state index contributed by atoms with van der Waals surface area (Å²) in [6, 6.07) is 18.3. The van der Waals surface area contributed by atoms with Crippen molar-refractivity contribution < 1.29 is 27.1 Å². The number of anilines is 1. The minimum Gasteiger partial charge on any atom is -0.494 e. The number of carbonyl (C=O) groups is 1. The molecule has 33 heavy (non-hydrogen) atoms. The van der Waals surface area contributed by atoms with E-state index in [4.69, 9.17) is 9.15 Å². The van der Waals surface area contributed by atoms with E-state index < -0.39 is 17.6 Å². The van der Waals surface area contributed by atoms with Gasteiger partial charge < -0.3 is 14.5 Å². The SMILES string of the molecule is CCOc1ccc(-c2cnc(-c3ccccc3C(=O)Nc3ccc(C(F)(F)F)cc3)o2)cc1. The zero-order valence-corrected chi connectivity index (χ0v) is 17.5. The third-order valence-electron chi connectivity index (χ3n) is 4.83. The summed E-state index contributed by atoms with van der Waals surface area (Å²) in [5, 5.41) is 2.61. The summed E-state index contributed by atoms with van der Waals surface area (Å²) in [5.74, 6) is 1.01. The molecule has 0 saturated heterocycles. The molecule has 0 aliphatic carbocycles. The predicted molar refractivity (Wildman–Crippen MR) is 118 cm³/mol. The fourth-order valence-corrected chi connectivity index (χ4v) is 3.22. The standard InChI is InChI=1S/C25H19F3N2O3/c1-2-32-19-13-7-16(8-14-19)22-15-29-24(33-22)21-6-4-3-5-20(21)23(31)30-18-11-9-17(10-12-18)25(26,27)28/h3-15H,2H2,1H3,(H,30,31). The summed E-state index contributed by atoms with van der Waals surface area (Å²) in [5.41, 5.74) is 0.980. The molecule has 8 heteroatoms. The van der Waals surface area contributed by atoms with Crippen LogP contribution in [0.4, 0.5) is 18.9 Å². The third-order valence-corrected chi connectivity index (χ3v) is 4.83. The number of hydrogen-bond donors (Lipinski definition) is 1. The van der Waals surface area contributed by atoms with Gasteiger partial charge in [-0.1, -0.05) is 12.1 Å². The first-order valence-corrected chi connectivity index (χ1v) is 10.1. The van der Waals surface area contributed by atoms with Gasteiger partial charge in [0.15, 0.2) is 5.76 Å². The van der Waals surface area contributed by atoms with Crippen molar-refractivity contribution in [2.75, 3.05) is 11.9 Å². The van der Waals surface area contributed by atoms with Gasteiger partial charge in [0.05, 0.1) is 23.9 Å². The number of benzene rings is 3. The molecule has 4 aromatic rings. The normalized spacial score (nSPS) is 11.3. The highest BCUT2D eigenvalue weighted by atomic mass is 19.4. The molecule has 4 rings (SSSR count). The van der Waals surface area contributed by atoms with E-state index in [1.807, 2.05) is 31.2 Å². The van der Waals surface area contributed by atoms with Gasteiger partial charge in [0.25, 0.3) is 5.91 Å². The average Bonchev–Trinajstić information content (AvgIpc) is 3.30. The lowest BCUT2D eigenvalue weighted by atomic mass is 10.1. The Morgan fingerprint density at radius 2 is 1.70 bits per heavy atom. The molecular formula is C25H19F3N2O3. The molecule has 5 nitrogen and oxygen atoms in total. The molecule has 0 spiro atoms. The maximum absolute atomic E-state index is 12.8. The van der Waals surface area contributed by atoms with Crippen LogP contribution >= 0.6 is 0 Å². The molecule has 1 heterocycles. The molecule has 0 aliphatic heterocycles. The van der Waals surface area contributed by atoms with Crippen LogP contribution in [0.1, 0.15) is 22.8 Å². The van der Waals surface area contributed by atoms with Crippen molar-refractivity contribution in [3.05, 3.63) is 90.1 Å². The number of nitrogens with zero attached hydrogens (tertiary/aromatic N) is 1. The minimum absolute atomic E-state index is 0.241. The van der Waals surface area contributed by atoms with Crippen molar-refractivity contribution in [1.82, 2.24) is 4.98 Å². The van der Waals surface area contributed by atoms with Gasteiger partial charge in [0.2, 0.25) is 5.89 Å². The number of aromatic nitrogens is 1. The van der Waals surface area contributed by atoms with Crippen LogP contribution < -0.4 is 10.1 Å². The quantitative estimate of drug-likeness (QED) is 0.355. The molecule has 1 aromatic heterocycles. The maximum atomic E-state index is 12.8. The Labute approximate surface area is 187 Å². The van der Waals surface area contributed by atoms with Crippen LogP contribution in [-0.2, 0) is 6.18 Å². The molecular weight excluding hydrogens is 433 g/mol. The number of hydrogen-bond acceptors (Lipinski definition) is 4. The lowest BCUT2D eigenvalue weighted by molar-refractivity contribution is -0.137. The highest BCUT2D eigenvalue weighted by Crippen LogP contribution is 2.31. The first-order chi connectivity index (χ1) is 15.8. The number of ether oxygens (including phenoxy) is 1. The largest absolute Gasteiger partial charge is 0.494 e. The first-order valence-electron chi connectivity index (χ1n) is 10.1. The lowest BCUT2D eigenvalue weighted by Crippen LogP contribution is -2.13. The molecule has 0 unspecified atom stereocenters. The van der Waals surface area contributed by atoms with Gasteiger partial charge in [0.1, 0.15) is 5.75 Å². The molecule has 1 N–H and O–H groups in total. The van der Waals surface area contributed by atoms with Crippen molar-refractivity contribution in [3.8, 4) is 28.5 Å². The molecule has 0 atom stereocenters. The van der Waals surface area contributed by atoms with E-state index in [0.29, 0.717) is 17.9 Å². The molecule has 168 valence electrons. The zero-order chi connectivity index (χ0) is 23.4. The van der Waals surface area contributed by atoms with E-state index in [2.05, 4.69) is 10.3 Å². The number of rotatable bonds is 6. The number of halogens is 3. The highest BCUT2D eigenvalue weighted by Gasteiger charge is 2.30. The van der Waals surface area contributed by atoms with Gasteiger partial charge in [-0.3, -0.25) is 4.79 Å². The van der Waals surface area contributed by atoms with Crippen LogP contribution in [0.5, 0.6) is 5.75 Å².